The maximum Gasteiger partial charge on any atom is 0.227 e. The van der Waals surface area contributed by atoms with Gasteiger partial charge in [0.05, 0.1) is 0 Å². The van der Waals surface area contributed by atoms with E-state index in [2.05, 4.69) is 10.5 Å². The van der Waals surface area contributed by atoms with E-state index >= 15 is 0 Å². The summed E-state index contributed by atoms with van der Waals surface area (Å²) >= 11 is 0. The Morgan fingerprint density at radius 1 is 1.50 bits per heavy atom. The molecule has 0 unspecified atom stereocenters. The molecule has 14 heavy (non-hydrogen) atoms. The molecule has 0 aliphatic heterocycles. The predicted molar refractivity (Wildman–Crippen MR) is 56.3 cm³/mol. The van der Waals surface area contributed by atoms with E-state index in [0.717, 1.165) is 11.1 Å². The van der Waals surface area contributed by atoms with Gasteiger partial charge in [0.15, 0.2) is 5.49 Å². The summed E-state index contributed by atoms with van der Waals surface area (Å²) in [5.74, 6) is 0. The summed E-state index contributed by atoms with van der Waals surface area (Å²) in [6.07, 6.45) is 2.43. The van der Waals surface area contributed by atoms with Gasteiger partial charge in [-0.15, -0.1) is 0 Å². The molecule has 1 aromatic heterocycles. The maximum atomic E-state index is 9.96. The predicted octanol–water partition coefficient (Wildman–Crippen LogP) is 0.921. The Kier molecular flexibility index (Phi) is 6.11. The first-order valence-corrected chi connectivity index (χ1v) is 4.60. The SMILES string of the molecule is CC.Cc1ccn(C)/c(=N\NC=O)c1. The Hall–Kier alpha value is -1.58. The molecule has 4 nitrogen and oxygen atoms in total. The number of hydrogen-bond donors (Lipinski definition) is 1. The Labute approximate surface area is 84.3 Å². The molecule has 1 aromatic rings. The van der Waals surface area contributed by atoms with Crippen LogP contribution in [-0.2, 0) is 11.8 Å². The Bertz CT molecular complexity index is 341. The Balaban J connectivity index is 0.000000791. The average Bonchev–Trinajstić information content (AvgIpc) is 2.22. The largest absolute Gasteiger partial charge is 0.335 e. The lowest BCUT2D eigenvalue weighted by atomic mass is 10.3. The van der Waals surface area contributed by atoms with Gasteiger partial charge in [-0.1, -0.05) is 13.8 Å². The van der Waals surface area contributed by atoms with Crippen LogP contribution in [0.15, 0.2) is 23.4 Å². The van der Waals surface area contributed by atoms with Crippen molar-refractivity contribution < 1.29 is 4.79 Å². The number of aryl methyl sites for hydroxylation is 2. The zero-order chi connectivity index (χ0) is 11.0. The van der Waals surface area contributed by atoms with E-state index in [4.69, 9.17) is 0 Å². The van der Waals surface area contributed by atoms with E-state index in [1.807, 2.05) is 50.7 Å². The fourth-order valence-corrected chi connectivity index (χ4v) is 0.863. The smallest absolute Gasteiger partial charge is 0.227 e. The summed E-state index contributed by atoms with van der Waals surface area (Å²) in [7, 11) is 1.87. The van der Waals surface area contributed by atoms with Crippen molar-refractivity contribution in [2.75, 3.05) is 0 Å². The normalized spacial score (nSPS) is 10.1. The van der Waals surface area contributed by atoms with Gasteiger partial charge in [-0.2, -0.15) is 5.10 Å². The average molecular weight is 195 g/mol. The van der Waals surface area contributed by atoms with E-state index in [0.29, 0.717) is 6.41 Å². The summed E-state index contributed by atoms with van der Waals surface area (Å²) in [4.78, 5) is 9.96. The summed E-state index contributed by atoms with van der Waals surface area (Å²) < 4.78 is 1.82. The first-order chi connectivity index (χ1) is 6.74. The van der Waals surface area contributed by atoms with Gasteiger partial charge in [-0.3, -0.25) is 4.79 Å². The molecule has 1 N–H and O–H groups in total. The zero-order valence-electron chi connectivity index (χ0n) is 9.11. The highest BCUT2D eigenvalue weighted by Crippen LogP contribution is 1.88. The van der Waals surface area contributed by atoms with Crippen molar-refractivity contribution in [3.8, 4) is 0 Å². The van der Waals surface area contributed by atoms with Crippen molar-refractivity contribution in [2.45, 2.75) is 20.8 Å². The number of carbonyl (C=O) groups is 1. The van der Waals surface area contributed by atoms with Crippen LogP contribution in [0.1, 0.15) is 19.4 Å². The summed E-state index contributed by atoms with van der Waals surface area (Å²) in [5.41, 5.74) is 4.09. The third kappa shape index (κ3) is 3.89. The highest BCUT2D eigenvalue weighted by atomic mass is 16.1. The molecular formula is C10H17N3O. The molecule has 4 heteroatoms. The van der Waals surface area contributed by atoms with Crippen LogP contribution in [0.5, 0.6) is 0 Å². The number of nitrogens with zero attached hydrogens (tertiary/aromatic N) is 2. The molecule has 0 aromatic carbocycles. The van der Waals surface area contributed by atoms with Gasteiger partial charge in [0, 0.05) is 13.2 Å². The van der Waals surface area contributed by atoms with Crippen LogP contribution in [0.25, 0.3) is 0 Å². The second-order valence-electron chi connectivity index (χ2n) is 2.53. The molecule has 0 fully saturated rings. The lowest BCUT2D eigenvalue weighted by molar-refractivity contribution is -0.109. The van der Waals surface area contributed by atoms with E-state index in [9.17, 15) is 4.79 Å². The zero-order valence-corrected chi connectivity index (χ0v) is 9.11. The molecule has 0 bridgehead atoms. The molecule has 0 radical (unpaired) electrons. The number of amides is 1. The topological polar surface area (TPSA) is 46.4 Å². The molecule has 0 saturated heterocycles. The monoisotopic (exact) mass is 195 g/mol. The number of rotatable bonds is 2. The second kappa shape index (κ2) is 6.88. The highest BCUT2D eigenvalue weighted by molar-refractivity contribution is 5.44. The molecule has 0 saturated carbocycles. The van der Waals surface area contributed by atoms with E-state index in [1.165, 1.54) is 0 Å². The minimum Gasteiger partial charge on any atom is -0.335 e. The molecule has 78 valence electrons. The van der Waals surface area contributed by atoms with E-state index in [1.54, 1.807) is 0 Å². The third-order valence-corrected chi connectivity index (χ3v) is 1.51. The van der Waals surface area contributed by atoms with Crippen LogP contribution < -0.4 is 10.9 Å². The van der Waals surface area contributed by atoms with Crippen molar-refractivity contribution in [1.82, 2.24) is 9.99 Å². The molecule has 0 aliphatic rings. The summed E-state index contributed by atoms with van der Waals surface area (Å²) in [6, 6.07) is 3.86. The molecule has 1 amide bonds. The van der Waals surface area contributed by atoms with Crippen LogP contribution in [0.2, 0.25) is 0 Å². The summed E-state index contributed by atoms with van der Waals surface area (Å²) in [5, 5.41) is 3.83. The third-order valence-electron chi connectivity index (χ3n) is 1.51. The minimum absolute atomic E-state index is 0.544. The van der Waals surface area contributed by atoms with Crippen molar-refractivity contribution in [3.05, 3.63) is 29.4 Å². The van der Waals surface area contributed by atoms with E-state index < -0.39 is 0 Å². The fraction of sp³-hybridized carbons (Fsp3) is 0.400. The van der Waals surface area contributed by atoms with Crippen LogP contribution >= 0.6 is 0 Å². The van der Waals surface area contributed by atoms with Crippen LogP contribution in [0.4, 0.5) is 0 Å². The van der Waals surface area contributed by atoms with Gasteiger partial charge in [0.1, 0.15) is 0 Å². The molecule has 0 aliphatic carbocycles. The van der Waals surface area contributed by atoms with Gasteiger partial charge in [0.25, 0.3) is 0 Å². The van der Waals surface area contributed by atoms with Gasteiger partial charge in [-0.05, 0) is 24.6 Å². The van der Waals surface area contributed by atoms with Crippen molar-refractivity contribution in [3.63, 3.8) is 0 Å². The summed E-state index contributed by atoms with van der Waals surface area (Å²) in [6.45, 7) is 5.97. The lowest BCUT2D eigenvalue weighted by Gasteiger charge is -1.99. The molecule has 0 spiro atoms. The lowest BCUT2D eigenvalue weighted by Crippen LogP contribution is -2.21. The molecule has 1 heterocycles. The van der Waals surface area contributed by atoms with Crippen molar-refractivity contribution in [1.29, 1.82) is 0 Å². The first-order valence-electron chi connectivity index (χ1n) is 4.60. The van der Waals surface area contributed by atoms with Crippen LogP contribution in [-0.4, -0.2) is 11.0 Å². The standard InChI is InChI=1S/C8H11N3O.C2H6/c1-7-3-4-11(2)8(5-7)10-9-6-12;1-2/h3-6H,1-2H3,(H,9,12);1-2H3/b10-8-;. The van der Waals surface area contributed by atoms with Gasteiger partial charge in [-0.25, -0.2) is 5.43 Å². The number of nitrogens with one attached hydrogen (secondary N) is 1. The van der Waals surface area contributed by atoms with Gasteiger partial charge < -0.3 is 4.57 Å². The molecule has 0 atom stereocenters. The fourth-order valence-electron chi connectivity index (χ4n) is 0.863. The number of pyridine rings is 1. The number of aromatic nitrogens is 1. The minimum atomic E-state index is 0.544. The number of carbonyl (C=O) groups excluding carboxylic acids is 1. The maximum absolute atomic E-state index is 9.96. The Morgan fingerprint density at radius 2 is 2.14 bits per heavy atom. The highest BCUT2D eigenvalue weighted by Gasteiger charge is 1.87. The number of hydrogen-bond acceptors (Lipinski definition) is 2. The quantitative estimate of drug-likeness (QED) is 0.553. The van der Waals surface area contributed by atoms with Gasteiger partial charge in [0.2, 0.25) is 6.41 Å². The Morgan fingerprint density at radius 3 is 2.71 bits per heavy atom. The molecular weight excluding hydrogens is 178 g/mol. The van der Waals surface area contributed by atoms with Crippen LogP contribution in [0, 0.1) is 6.92 Å². The van der Waals surface area contributed by atoms with E-state index in [-0.39, 0.29) is 0 Å². The van der Waals surface area contributed by atoms with Gasteiger partial charge >= 0.3 is 0 Å². The van der Waals surface area contributed by atoms with Crippen molar-refractivity contribution in [2.24, 2.45) is 12.1 Å². The van der Waals surface area contributed by atoms with Crippen LogP contribution in [0.3, 0.4) is 0 Å². The first kappa shape index (κ1) is 12.4. The molecule has 1 rings (SSSR count). The second-order valence-corrected chi connectivity index (χ2v) is 2.53. The van der Waals surface area contributed by atoms with Crippen molar-refractivity contribution >= 4 is 6.41 Å².